The molecule has 0 saturated heterocycles. The lowest BCUT2D eigenvalue weighted by Crippen LogP contribution is -2.03. The van der Waals surface area contributed by atoms with Gasteiger partial charge in [-0.2, -0.15) is 0 Å². The van der Waals surface area contributed by atoms with Crippen LogP contribution in [0.2, 0.25) is 0 Å². The average molecular weight is 374 g/mol. The number of carbonyl (C=O) groups excluding carboxylic acids is 1. The summed E-state index contributed by atoms with van der Waals surface area (Å²) in [4.78, 5) is 12.9. The van der Waals surface area contributed by atoms with Gasteiger partial charge in [0.2, 0.25) is 0 Å². The van der Waals surface area contributed by atoms with Crippen LogP contribution in [0.15, 0.2) is 38.6 Å². The molecule has 0 radical (unpaired) electrons. The van der Waals surface area contributed by atoms with E-state index in [4.69, 9.17) is 0 Å². The van der Waals surface area contributed by atoms with Gasteiger partial charge < -0.3 is 0 Å². The molecule has 1 nitrogen and oxygen atoms in total. The van der Waals surface area contributed by atoms with Gasteiger partial charge in [0.25, 0.3) is 0 Å². The lowest BCUT2D eigenvalue weighted by molar-refractivity contribution is 0.0996. The molecule has 0 unspecified atom stereocenters. The smallest absolute Gasteiger partial charge is 0.178 e. The van der Waals surface area contributed by atoms with Crippen LogP contribution in [0.1, 0.15) is 20.8 Å². The monoisotopic (exact) mass is 372 g/mol. The van der Waals surface area contributed by atoms with Crippen molar-refractivity contribution in [3.63, 3.8) is 0 Å². The van der Waals surface area contributed by atoms with Crippen molar-refractivity contribution in [3.8, 4) is 0 Å². The summed E-state index contributed by atoms with van der Waals surface area (Å²) >= 11 is 8.29. The van der Waals surface area contributed by atoms with E-state index in [1.54, 1.807) is 0 Å². The van der Waals surface area contributed by atoms with Crippen LogP contribution in [0.25, 0.3) is 0 Å². The Morgan fingerprint density at radius 2 is 2.00 bits per heavy atom. The quantitative estimate of drug-likeness (QED) is 0.691. The Balaban J connectivity index is 2.23. The molecule has 2 rings (SSSR count). The normalized spacial score (nSPS) is 10.5. The van der Waals surface area contributed by atoms with Crippen LogP contribution in [0.4, 0.5) is 0 Å². The number of hydrogen-bond donors (Lipinski definition) is 0. The number of rotatable bonds is 3. The molecule has 0 saturated carbocycles. The maximum absolute atomic E-state index is 12.2. The van der Waals surface area contributed by atoms with Crippen LogP contribution in [-0.2, 0) is 6.42 Å². The number of halogens is 2. The molecule has 88 valence electrons. The van der Waals surface area contributed by atoms with Crippen molar-refractivity contribution in [1.82, 2.24) is 0 Å². The van der Waals surface area contributed by atoms with E-state index >= 15 is 0 Å². The number of benzene rings is 1. The van der Waals surface area contributed by atoms with Crippen LogP contribution in [0.5, 0.6) is 0 Å². The standard InChI is InChI=1S/C13H10Br2OS/c1-8-4-2-3-5-9(8)6-11(16)13-12(15)10(14)7-17-13/h2-5,7H,6H2,1H3. The second-order valence-electron chi connectivity index (χ2n) is 3.75. The first-order chi connectivity index (χ1) is 8.09. The van der Waals surface area contributed by atoms with Gasteiger partial charge in [-0.05, 0) is 49.9 Å². The minimum Gasteiger partial charge on any atom is -0.293 e. The molecular formula is C13H10Br2OS. The zero-order valence-corrected chi connectivity index (χ0v) is 13.2. The fraction of sp³-hybridized carbons (Fsp3) is 0.154. The second-order valence-corrected chi connectivity index (χ2v) is 6.28. The number of thiophene rings is 1. The fourth-order valence-electron chi connectivity index (χ4n) is 1.57. The summed E-state index contributed by atoms with van der Waals surface area (Å²) in [7, 11) is 0. The number of hydrogen-bond acceptors (Lipinski definition) is 2. The molecule has 4 heteroatoms. The molecule has 0 atom stereocenters. The minimum absolute atomic E-state index is 0.155. The highest BCUT2D eigenvalue weighted by atomic mass is 79.9. The summed E-state index contributed by atoms with van der Waals surface area (Å²) in [5.74, 6) is 0.155. The maximum atomic E-state index is 12.2. The highest BCUT2D eigenvalue weighted by Gasteiger charge is 2.15. The fourth-order valence-corrected chi connectivity index (χ4v) is 3.71. The minimum atomic E-state index is 0.155. The van der Waals surface area contributed by atoms with Gasteiger partial charge >= 0.3 is 0 Å². The van der Waals surface area contributed by atoms with Gasteiger partial charge in [-0.3, -0.25) is 4.79 Å². The summed E-state index contributed by atoms with van der Waals surface area (Å²) in [5.41, 5.74) is 2.25. The molecule has 1 aromatic heterocycles. The van der Waals surface area contributed by atoms with E-state index < -0.39 is 0 Å². The first kappa shape index (κ1) is 13.0. The van der Waals surface area contributed by atoms with E-state index in [1.807, 2.05) is 36.6 Å². The Morgan fingerprint density at radius 1 is 1.29 bits per heavy atom. The summed E-state index contributed by atoms with van der Waals surface area (Å²) in [6.45, 7) is 2.03. The number of carbonyl (C=O) groups is 1. The van der Waals surface area contributed by atoms with E-state index in [9.17, 15) is 4.79 Å². The summed E-state index contributed by atoms with van der Waals surface area (Å²) in [5, 5.41) is 1.93. The molecule has 0 amide bonds. The van der Waals surface area contributed by atoms with Gasteiger partial charge in [0.05, 0.1) is 9.35 Å². The van der Waals surface area contributed by atoms with E-state index in [-0.39, 0.29) is 5.78 Å². The lowest BCUT2D eigenvalue weighted by atomic mass is 10.0. The second kappa shape index (κ2) is 5.46. The SMILES string of the molecule is Cc1ccccc1CC(=O)c1scc(Br)c1Br. The molecule has 0 spiro atoms. The van der Waals surface area contributed by atoms with Crippen molar-refractivity contribution in [1.29, 1.82) is 0 Å². The Kier molecular flexibility index (Phi) is 4.17. The molecule has 17 heavy (non-hydrogen) atoms. The molecule has 0 bridgehead atoms. The third-order valence-corrected chi connectivity index (χ3v) is 6.12. The van der Waals surface area contributed by atoms with E-state index in [0.717, 1.165) is 24.9 Å². The van der Waals surface area contributed by atoms with Gasteiger partial charge in [-0.25, -0.2) is 0 Å². The molecule has 2 aromatic rings. The van der Waals surface area contributed by atoms with E-state index in [2.05, 4.69) is 31.9 Å². The number of aryl methyl sites for hydroxylation is 1. The van der Waals surface area contributed by atoms with Crippen molar-refractivity contribution in [3.05, 3.63) is 54.6 Å². The molecule has 0 aliphatic heterocycles. The van der Waals surface area contributed by atoms with Gasteiger partial charge in [-0.1, -0.05) is 24.3 Å². The largest absolute Gasteiger partial charge is 0.293 e. The molecule has 0 N–H and O–H groups in total. The van der Waals surface area contributed by atoms with E-state index in [1.165, 1.54) is 11.3 Å². The van der Waals surface area contributed by atoms with Gasteiger partial charge in [0.15, 0.2) is 5.78 Å². The van der Waals surface area contributed by atoms with Crippen LogP contribution in [0.3, 0.4) is 0 Å². The third kappa shape index (κ3) is 2.87. The molecule has 0 fully saturated rings. The molecule has 0 aliphatic rings. The number of ketones is 1. The zero-order valence-electron chi connectivity index (χ0n) is 9.17. The summed E-state index contributed by atoms with van der Waals surface area (Å²) in [6, 6.07) is 7.99. The van der Waals surface area contributed by atoms with Crippen LogP contribution in [-0.4, -0.2) is 5.78 Å². The topological polar surface area (TPSA) is 17.1 Å². The lowest BCUT2D eigenvalue weighted by Gasteiger charge is -2.03. The Labute approximate surface area is 121 Å². The van der Waals surface area contributed by atoms with Crippen molar-refractivity contribution >= 4 is 49.0 Å². The maximum Gasteiger partial charge on any atom is 0.178 e. The number of Topliss-reactive ketones (excluding diaryl/α,β-unsaturated/α-hetero) is 1. The highest BCUT2D eigenvalue weighted by Crippen LogP contribution is 2.33. The Bertz CT molecular complexity index is 560. The van der Waals surface area contributed by atoms with Crippen molar-refractivity contribution in [2.75, 3.05) is 0 Å². The van der Waals surface area contributed by atoms with Crippen molar-refractivity contribution < 1.29 is 4.79 Å². The summed E-state index contributed by atoms with van der Waals surface area (Å²) < 4.78 is 1.80. The van der Waals surface area contributed by atoms with Gasteiger partial charge in [0.1, 0.15) is 0 Å². The molecule has 0 aliphatic carbocycles. The van der Waals surface area contributed by atoms with Crippen LogP contribution < -0.4 is 0 Å². The average Bonchev–Trinajstić information content (AvgIpc) is 2.63. The van der Waals surface area contributed by atoms with E-state index in [0.29, 0.717) is 6.42 Å². The predicted molar refractivity (Wildman–Crippen MR) is 78.9 cm³/mol. The Morgan fingerprint density at radius 3 is 2.59 bits per heavy atom. The highest BCUT2D eigenvalue weighted by molar-refractivity contribution is 9.13. The van der Waals surface area contributed by atoms with Crippen molar-refractivity contribution in [2.24, 2.45) is 0 Å². The van der Waals surface area contributed by atoms with Crippen LogP contribution >= 0.6 is 43.2 Å². The molecule has 1 aromatic carbocycles. The Hall–Kier alpha value is -0.450. The van der Waals surface area contributed by atoms with Gasteiger partial charge in [-0.15, -0.1) is 11.3 Å². The summed E-state index contributed by atoms with van der Waals surface area (Å²) in [6.07, 6.45) is 0.457. The van der Waals surface area contributed by atoms with Crippen LogP contribution in [0, 0.1) is 6.92 Å². The first-order valence-electron chi connectivity index (χ1n) is 5.10. The third-order valence-electron chi connectivity index (χ3n) is 2.55. The predicted octanol–water partition coefficient (Wildman–Crippen LogP) is 5.01. The van der Waals surface area contributed by atoms with Gasteiger partial charge in [0, 0.05) is 16.3 Å². The van der Waals surface area contributed by atoms with Crippen molar-refractivity contribution in [2.45, 2.75) is 13.3 Å². The molecular weight excluding hydrogens is 364 g/mol. The zero-order chi connectivity index (χ0) is 12.4. The first-order valence-corrected chi connectivity index (χ1v) is 7.56. The molecule has 1 heterocycles.